The van der Waals surface area contributed by atoms with E-state index in [4.69, 9.17) is 16.7 Å². The van der Waals surface area contributed by atoms with Crippen LogP contribution in [0.15, 0.2) is 12.3 Å². The summed E-state index contributed by atoms with van der Waals surface area (Å²) in [6, 6.07) is 1.49. The van der Waals surface area contributed by atoms with Gasteiger partial charge in [-0.1, -0.05) is 11.6 Å². The molecular weight excluding hydrogens is 297 g/mol. The van der Waals surface area contributed by atoms with E-state index < -0.39 is 25.2 Å². The fourth-order valence-electron chi connectivity index (χ4n) is 2.02. The molecule has 8 heteroatoms. The maximum atomic E-state index is 12.5. The number of aromatic nitrogens is 1. The van der Waals surface area contributed by atoms with Gasteiger partial charge in [0.2, 0.25) is 0 Å². The van der Waals surface area contributed by atoms with Crippen LogP contribution < -0.4 is 0 Å². The largest absolute Gasteiger partial charge is 0.406 e. The monoisotopic (exact) mass is 310 g/mol. The zero-order valence-electron chi connectivity index (χ0n) is 10.5. The highest BCUT2D eigenvalue weighted by Crippen LogP contribution is 2.37. The number of aliphatic hydroxyl groups excluding tert-OH is 1. The molecule has 1 saturated carbocycles. The molecule has 1 aliphatic carbocycles. The summed E-state index contributed by atoms with van der Waals surface area (Å²) in [7, 11) is 0. The first-order chi connectivity index (χ1) is 9.31. The zero-order chi connectivity index (χ0) is 14.9. The fourth-order valence-corrected chi connectivity index (χ4v) is 2.23. The van der Waals surface area contributed by atoms with Crippen LogP contribution in [0.1, 0.15) is 29.4 Å². The van der Waals surface area contributed by atoms with Gasteiger partial charge < -0.3 is 14.6 Å². The van der Waals surface area contributed by atoms with E-state index in [9.17, 15) is 18.0 Å². The van der Waals surface area contributed by atoms with Crippen LogP contribution in [0.4, 0.5) is 13.2 Å². The molecule has 0 spiro atoms. The van der Waals surface area contributed by atoms with Gasteiger partial charge in [0, 0.05) is 18.8 Å². The Bertz CT molecular complexity index is 497. The number of nitrogens with zero attached hydrogens (tertiary/aromatic N) is 2. The maximum Gasteiger partial charge on any atom is 0.406 e. The number of rotatable bonds is 5. The van der Waals surface area contributed by atoms with Crippen molar-refractivity contribution in [2.75, 3.05) is 19.7 Å². The minimum Gasteiger partial charge on any atom is -0.395 e. The average Bonchev–Trinajstić information content (AvgIpc) is 3.09. The number of carbonyl (C=O) groups is 1. The van der Waals surface area contributed by atoms with Crippen LogP contribution >= 0.6 is 11.6 Å². The minimum absolute atomic E-state index is 0.128. The molecule has 1 aliphatic rings. The van der Waals surface area contributed by atoms with Gasteiger partial charge in [-0.15, -0.1) is 0 Å². The quantitative estimate of drug-likeness (QED) is 0.908. The second-order valence-corrected chi connectivity index (χ2v) is 5.18. The van der Waals surface area contributed by atoms with Gasteiger partial charge in [0.15, 0.2) is 0 Å². The number of hydrogen-bond acceptors (Lipinski definition) is 2. The SMILES string of the molecule is O=C(c1cc(Cl)cn1C1CC1)N(CCO)CC(F)(F)F. The summed E-state index contributed by atoms with van der Waals surface area (Å²) in [6.45, 7) is -2.29. The predicted octanol–water partition coefficient (Wildman–Crippen LogP) is 2.47. The van der Waals surface area contributed by atoms with E-state index in [0.29, 0.717) is 9.92 Å². The maximum absolute atomic E-state index is 12.5. The molecule has 1 aromatic rings. The Morgan fingerprint density at radius 2 is 2.15 bits per heavy atom. The Kier molecular flexibility index (Phi) is 4.29. The first-order valence-electron chi connectivity index (χ1n) is 6.16. The number of aliphatic hydroxyl groups is 1. The lowest BCUT2D eigenvalue weighted by atomic mass is 10.3. The van der Waals surface area contributed by atoms with Gasteiger partial charge in [-0.2, -0.15) is 13.2 Å². The number of alkyl halides is 3. The Morgan fingerprint density at radius 1 is 1.50 bits per heavy atom. The molecule has 1 amide bonds. The summed E-state index contributed by atoms with van der Waals surface area (Å²) >= 11 is 5.83. The van der Waals surface area contributed by atoms with Crippen LogP contribution in [0.2, 0.25) is 5.02 Å². The lowest BCUT2D eigenvalue weighted by molar-refractivity contribution is -0.141. The van der Waals surface area contributed by atoms with Crippen molar-refractivity contribution in [3.63, 3.8) is 0 Å². The molecule has 0 aliphatic heterocycles. The molecule has 20 heavy (non-hydrogen) atoms. The van der Waals surface area contributed by atoms with Crippen LogP contribution in [-0.4, -0.2) is 46.4 Å². The van der Waals surface area contributed by atoms with E-state index in [0.717, 1.165) is 12.8 Å². The highest BCUT2D eigenvalue weighted by atomic mass is 35.5. The number of halogens is 4. The van der Waals surface area contributed by atoms with E-state index >= 15 is 0 Å². The fraction of sp³-hybridized carbons (Fsp3) is 0.583. The molecule has 0 saturated heterocycles. The molecule has 0 unspecified atom stereocenters. The highest BCUT2D eigenvalue weighted by Gasteiger charge is 2.35. The summed E-state index contributed by atoms with van der Waals surface area (Å²) < 4.78 is 39.0. The number of carbonyl (C=O) groups excluding carboxylic acids is 1. The molecule has 1 aromatic heterocycles. The highest BCUT2D eigenvalue weighted by molar-refractivity contribution is 6.31. The first kappa shape index (κ1) is 15.2. The second kappa shape index (κ2) is 5.65. The third-order valence-electron chi connectivity index (χ3n) is 3.00. The Morgan fingerprint density at radius 3 is 2.65 bits per heavy atom. The predicted molar refractivity (Wildman–Crippen MR) is 66.8 cm³/mol. The summed E-state index contributed by atoms with van der Waals surface area (Å²) in [6.07, 6.45) is -1.20. The molecule has 0 atom stereocenters. The van der Waals surface area contributed by atoms with Crippen molar-refractivity contribution in [2.45, 2.75) is 25.1 Å². The van der Waals surface area contributed by atoms with Gasteiger partial charge in [-0.05, 0) is 18.9 Å². The van der Waals surface area contributed by atoms with Crippen LogP contribution in [0.3, 0.4) is 0 Å². The molecule has 112 valence electrons. The summed E-state index contributed by atoms with van der Waals surface area (Å²) in [5.74, 6) is -0.768. The van der Waals surface area contributed by atoms with Gasteiger partial charge in [0.1, 0.15) is 12.2 Å². The smallest absolute Gasteiger partial charge is 0.395 e. The molecule has 1 fully saturated rings. The van der Waals surface area contributed by atoms with Crippen LogP contribution in [-0.2, 0) is 0 Å². The number of amides is 1. The van der Waals surface area contributed by atoms with E-state index in [-0.39, 0.29) is 18.3 Å². The molecule has 0 aromatic carbocycles. The topological polar surface area (TPSA) is 45.5 Å². The van der Waals surface area contributed by atoms with E-state index in [1.54, 1.807) is 10.8 Å². The van der Waals surface area contributed by atoms with Crippen molar-refractivity contribution < 1.29 is 23.1 Å². The lowest BCUT2D eigenvalue weighted by Gasteiger charge is -2.23. The first-order valence-corrected chi connectivity index (χ1v) is 6.54. The van der Waals surface area contributed by atoms with Crippen molar-refractivity contribution in [1.29, 1.82) is 0 Å². The van der Waals surface area contributed by atoms with Gasteiger partial charge in [-0.25, -0.2) is 0 Å². The third-order valence-corrected chi connectivity index (χ3v) is 3.21. The van der Waals surface area contributed by atoms with Gasteiger partial charge >= 0.3 is 6.18 Å². The van der Waals surface area contributed by atoms with Crippen molar-refractivity contribution in [3.05, 3.63) is 23.0 Å². The van der Waals surface area contributed by atoms with Crippen LogP contribution in [0.5, 0.6) is 0 Å². The normalized spacial score (nSPS) is 15.4. The summed E-state index contributed by atoms with van der Waals surface area (Å²) in [5, 5.41) is 9.15. The zero-order valence-corrected chi connectivity index (χ0v) is 11.3. The van der Waals surface area contributed by atoms with Crippen LogP contribution in [0.25, 0.3) is 0 Å². The molecule has 2 rings (SSSR count). The van der Waals surface area contributed by atoms with Crippen molar-refractivity contribution in [3.8, 4) is 0 Å². The van der Waals surface area contributed by atoms with Crippen molar-refractivity contribution in [1.82, 2.24) is 9.47 Å². The molecule has 0 radical (unpaired) electrons. The Balaban J connectivity index is 2.22. The molecule has 0 bridgehead atoms. The van der Waals surface area contributed by atoms with Crippen molar-refractivity contribution >= 4 is 17.5 Å². The second-order valence-electron chi connectivity index (χ2n) is 4.75. The van der Waals surface area contributed by atoms with Gasteiger partial charge in [0.05, 0.1) is 11.6 Å². The van der Waals surface area contributed by atoms with Crippen LogP contribution in [0, 0.1) is 0 Å². The molecule has 4 nitrogen and oxygen atoms in total. The standard InChI is InChI=1S/C12H14ClF3N2O2/c13-8-5-10(18(6-8)9-1-2-9)11(20)17(3-4-19)7-12(14,15)16/h5-6,9,19H,1-4,7H2. The average molecular weight is 311 g/mol. The lowest BCUT2D eigenvalue weighted by Crippen LogP contribution is -2.41. The van der Waals surface area contributed by atoms with E-state index in [1.165, 1.54) is 6.07 Å². The number of hydrogen-bond donors (Lipinski definition) is 1. The van der Waals surface area contributed by atoms with E-state index in [2.05, 4.69) is 0 Å². The van der Waals surface area contributed by atoms with Gasteiger partial charge in [-0.3, -0.25) is 4.79 Å². The minimum atomic E-state index is -4.51. The van der Waals surface area contributed by atoms with E-state index in [1.807, 2.05) is 0 Å². The molecule has 1 N–H and O–H groups in total. The molecular formula is C12H14ClF3N2O2. The Hall–Kier alpha value is -1.21. The Labute approximate surface area is 118 Å². The van der Waals surface area contributed by atoms with Gasteiger partial charge in [0.25, 0.3) is 5.91 Å². The third kappa shape index (κ3) is 3.67. The summed E-state index contributed by atoms with van der Waals surface area (Å²) in [5.41, 5.74) is 0.134. The van der Waals surface area contributed by atoms with Crippen molar-refractivity contribution in [2.24, 2.45) is 0 Å². The molecule has 1 heterocycles. The summed E-state index contributed by atoms with van der Waals surface area (Å²) in [4.78, 5) is 12.8.